The molecule has 1 aliphatic heterocycles. The first-order valence-corrected chi connectivity index (χ1v) is 5.08. The Hall–Kier alpha value is -0.320. The molecule has 1 fully saturated rings. The Kier molecular flexibility index (Phi) is 5.56. The number of hydrogen-bond donors (Lipinski definition) is 3. The van der Waals surface area contributed by atoms with Gasteiger partial charge in [0.15, 0.2) is 0 Å². The van der Waals surface area contributed by atoms with Gasteiger partial charge in [0.25, 0.3) is 0 Å². The maximum absolute atomic E-state index is 11.4. The molecule has 1 amide bonds. The Morgan fingerprint density at radius 2 is 2.07 bits per heavy atom. The number of aliphatic hydroxyl groups excluding tert-OH is 1. The van der Waals surface area contributed by atoms with Gasteiger partial charge in [0, 0.05) is 19.6 Å². The summed E-state index contributed by atoms with van der Waals surface area (Å²) < 4.78 is 0. The van der Waals surface area contributed by atoms with Crippen molar-refractivity contribution in [2.75, 3.05) is 19.6 Å². The molecule has 0 aromatic rings. The molecule has 1 unspecified atom stereocenters. The van der Waals surface area contributed by atoms with E-state index in [1.165, 1.54) is 0 Å². The first-order chi connectivity index (χ1) is 6.41. The Morgan fingerprint density at radius 1 is 1.53 bits per heavy atom. The van der Waals surface area contributed by atoms with Crippen molar-refractivity contribution in [3.8, 4) is 0 Å². The molecule has 0 aromatic carbocycles. The van der Waals surface area contributed by atoms with E-state index in [9.17, 15) is 9.90 Å². The van der Waals surface area contributed by atoms with E-state index < -0.39 is 6.10 Å². The molecule has 15 heavy (non-hydrogen) atoms. The first kappa shape index (κ1) is 14.7. The van der Waals surface area contributed by atoms with Crippen LogP contribution in [0.4, 0.5) is 0 Å². The smallest absolute Gasteiger partial charge is 0.225 e. The molecule has 0 spiro atoms. The molecule has 0 aliphatic carbocycles. The summed E-state index contributed by atoms with van der Waals surface area (Å²) in [5.41, 5.74) is -0.175. The van der Waals surface area contributed by atoms with Crippen molar-refractivity contribution in [1.29, 1.82) is 0 Å². The minimum Gasteiger partial charge on any atom is -0.391 e. The zero-order valence-electron chi connectivity index (χ0n) is 9.54. The summed E-state index contributed by atoms with van der Waals surface area (Å²) in [5, 5.41) is 15.5. The zero-order chi connectivity index (χ0) is 10.8. The quantitative estimate of drug-likeness (QED) is 0.654. The Bertz CT molecular complexity index is 212. The number of rotatable bonds is 3. The van der Waals surface area contributed by atoms with Gasteiger partial charge in [0.05, 0.1) is 12.0 Å². The second-order valence-corrected chi connectivity index (χ2v) is 4.98. The predicted molar refractivity (Wildman–Crippen MR) is 62.1 cm³/mol. The zero-order valence-corrected chi connectivity index (χ0v) is 10.4. The van der Waals surface area contributed by atoms with Crippen LogP contribution in [0.15, 0.2) is 0 Å². The number of carbonyl (C=O) groups is 1. The van der Waals surface area contributed by atoms with E-state index in [4.69, 9.17) is 0 Å². The molecule has 0 radical (unpaired) electrons. The monoisotopic (exact) mass is 236 g/mol. The van der Waals surface area contributed by atoms with E-state index in [0.29, 0.717) is 6.54 Å². The molecular formula is C10H21ClN2O2. The molecule has 3 N–H and O–H groups in total. The van der Waals surface area contributed by atoms with Crippen LogP contribution in [0.25, 0.3) is 0 Å². The lowest BCUT2D eigenvalue weighted by Crippen LogP contribution is -2.52. The summed E-state index contributed by atoms with van der Waals surface area (Å²) in [7, 11) is 0. The number of halogens is 1. The number of aliphatic hydroxyl groups is 1. The SMILES string of the molecule is CC(C)(C)C(O)CNC(=O)C1CNC1.Cl. The van der Waals surface area contributed by atoms with Gasteiger partial charge in [0.1, 0.15) is 0 Å². The highest BCUT2D eigenvalue weighted by atomic mass is 35.5. The minimum absolute atomic E-state index is 0. The van der Waals surface area contributed by atoms with Crippen molar-refractivity contribution in [3.63, 3.8) is 0 Å². The molecule has 1 atom stereocenters. The van der Waals surface area contributed by atoms with Crippen LogP contribution in [0.5, 0.6) is 0 Å². The van der Waals surface area contributed by atoms with E-state index in [2.05, 4.69) is 10.6 Å². The van der Waals surface area contributed by atoms with Gasteiger partial charge in [-0.3, -0.25) is 4.79 Å². The molecule has 0 aromatic heterocycles. The number of carbonyl (C=O) groups excluding carboxylic acids is 1. The molecule has 1 heterocycles. The lowest BCUT2D eigenvalue weighted by molar-refractivity contribution is -0.127. The number of nitrogens with one attached hydrogen (secondary N) is 2. The Balaban J connectivity index is 0.00000196. The van der Waals surface area contributed by atoms with Crippen LogP contribution in [0, 0.1) is 11.3 Å². The summed E-state index contributed by atoms with van der Waals surface area (Å²) in [6, 6.07) is 0. The largest absolute Gasteiger partial charge is 0.391 e. The fraction of sp³-hybridized carbons (Fsp3) is 0.900. The first-order valence-electron chi connectivity index (χ1n) is 5.08. The second kappa shape index (κ2) is 5.68. The Labute approximate surface area is 97.2 Å². The third-order valence-electron chi connectivity index (χ3n) is 2.62. The van der Waals surface area contributed by atoms with Gasteiger partial charge < -0.3 is 15.7 Å². The van der Waals surface area contributed by atoms with Gasteiger partial charge in [-0.1, -0.05) is 20.8 Å². The minimum atomic E-state index is -0.487. The molecule has 0 saturated carbocycles. The maximum atomic E-state index is 11.4. The summed E-state index contributed by atoms with van der Waals surface area (Å²) >= 11 is 0. The van der Waals surface area contributed by atoms with Crippen LogP contribution in [-0.4, -0.2) is 36.8 Å². The molecule has 1 aliphatic rings. The summed E-state index contributed by atoms with van der Waals surface area (Å²) in [4.78, 5) is 11.4. The molecule has 90 valence electrons. The normalized spacial score (nSPS) is 18.7. The van der Waals surface area contributed by atoms with E-state index in [0.717, 1.165) is 13.1 Å². The van der Waals surface area contributed by atoms with Gasteiger partial charge >= 0.3 is 0 Å². The summed E-state index contributed by atoms with van der Waals surface area (Å²) in [6.45, 7) is 7.73. The van der Waals surface area contributed by atoms with Gasteiger partial charge in [-0.15, -0.1) is 12.4 Å². The molecule has 5 heteroatoms. The third-order valence-corrected chi connectivity index (χ3v) is 2.62. The second-order valence-electron chi connectivity index (χ2n) is 4.98. The maximum Gasteiger partial charge on any atom is 0.225 e. The highest BCUT2D eigenvalue weighted by molar-refractivity contribution is 5.85. The fourth-order valence-electron chi connectivity index (χ4n) is 1.12. The van der Waals surface area contributed by atoms with Crippen LogP contribution < -0.4 is 10.6 Å². The van der Waals surface area contributed by atoms with Crippen LogP contribution in [-0.2, 0) is 4.79 Å². The topological polar surface area (TPSA) is 61.4 Å². The van der Waals surface area contributed by atoms with Crippen LogP contribution in [0.3, 0.4) is 0 Å². The van der Waals surface area contributed by atoms with E-state index in [1.54, 1.807) is 0 Å². The average molecular weight is 237 g/mol. The standard InChI is InChI=1S/C10H20N2O2.ClH/c1-10(2,3)8(13)6-12-9(14)7-4-11-5-7;/h7-8,11,13H,4-6H2,1-3H3,(H,12,14);1H. The van der Waals surface area contributed by atoms with Crippen molar-refractivity contribution >= 4 is 18.3 Å². The van der Waals surface area contributed by atoms with E-state index in [-0.39, 0.29) is 29.6 Å². The molecule has 0 bridgehead atoms. The lowest BCUT2D eigenvalue weighted by Gasteiger charge is -2.29. The van der Waals surface area contributed by atoms with Gasteiger partial charge in [-0.05, 0) is 5.41 Å². The lowest BCUT2D eigenvalue weighted by atomic mass is 9.89. The number of amides is 1. The van der Waals surface area contributed by atoms with Gasteiger partial charge in [-0.25, -0.2) is 0 Å². The molecule has 4 nitrogen and oxygen atoms in total. The van der Waals surface area contributed by atoms with E-state index >= 15 is 0 Å². The van der Waals surface area contributed by atoms with Crippen molar-refractivity contribution < 1.29 is 9.90 Å². The number of hydrogen-bond acceptors (Lipinski definition) is 3. The van der Waals surface area contributed by atoms with Gasteiger partial charge in [-0.2, -0.15) is 0 Å². The summed E-state index contributed by atoms with van der Waals surface area (Å²) in [5.74, 6) is 0.147. The predicted octanol–water partition coefficient (Wildman–Crippen LogP) is 0.151. The molecular weight excluding hydrogens is 216 g/mol. The van der Waals surface area contributed by atoms with E-state index in [1.807, 2.05) is 20.8 Å². The van der Waals surface area contributed by atoms with Crippen molar-refractivity contribution in [2.45, 2.75) is 26.9 Å². The fourth-order valence-corrected chi connectivity index (χ4v) is 1.12. The highest BCUT2D eigenvalue weighted by Crippen LogP contribution is 2.18. The van der Waals surface area contributed by atoms with Crippen LogP contribution in [0.2, 0.25) is 0 Å². The van der Waals surface area contributed by atoms with Crippen molar-refractivity contribution in [3.05, 3.63) is 0 Å². The Morgan fingerprint density at radius 3 is 2.40 bits per heavy atom. The highest BCUT2D eigenvalue weighted by Gasteiger charge is 2.27. The van der Waals surface area contributed by atoms with Gasteiger partial charge in [0.2, 0.25) is 5.91 Å². The molecule has 1 rings (SSSR count). The molecule has 1 saturated heterocycles. The summed E-state index contributed by atoms with van der Waals surface area (Å²) in [6.07, 6.45) is -0.487. The van der Waals surface area contributed by atoms with Crippen molar-refractivity contribution in [1.82, 2.24) is 10.6 Å². The van der Waals surface area contributed by atoms with Crippen LogP contribution in [0.1, 0.15) is 20.8 Å². The van der Waals surface area contributed by atoms with Crippen molar-refractivity contribution in [2.24, 2.45) is 11.3 Å². The third kappa shape index (κ3) is 4.36. The van der Waals surface area contributed by atoms with Crippen LogP contribution >= 0.6 is 12.4 Å². The average Bonchev–Trinajstić information content (AvgIpc) is 1.94.